The van der Waals surface area contributed by atoms with Gasteiger partial charge in [-0.1, -0.05) is 17.8 Å². The molecule has 11 heteroatoms. The lowest BCUT2D eigenvalue weighted by molar-refractivity contribution is -0.384. The number of aromatic nitrogens is 3. The highest BCUT2D eigenvalue weighted by Gasteiger charge is 2.17. The summed E-state index contributed by atoms with van der Waals surface area (Å²) in [5.41, 5.74) is 0.260. The maximum atomic E-state index is 12.3. The fourth-order valence-electron chi connectivity index (χ4n) is 2.48. The molecular weight excluding hydrogens is 402 g/mol. The molecule has 1 amide bonds. The number of nitrogens with one attached hydrogen (secondary N) is 1. The second-order valence-electron chi connectivity index (χ2n) is 5.51. The van der Waals surface area contributed by atoms with Crippen molar-refractivity contribution in [1.29, 1.82) is 0 Å². The van der Waals surface area contributed by atoms with Gasteiger partial charge in [-0.05, 0) is 24.4 Å². The van der Waals surface area contributed by atoms with E-state index < -0.39 is 4.92 Å². The van der Waals surface area contributed by atoms with E-state index in [9.17, 15) is 14.9 Å². The molecule has 1 N–H and O–H groups in total. The summed E-state index contributed by atoms with van der Waals surface area (Å²) in [6.45, 7) is 2.67. The van der Waals surface area contributed by atoms with Gasteiger partial charge in [-0.2, -0.15) is 0 Å². The number of hydrogen-bond acceptors (Lipinski definition) is 8. The van der Waals surface area contributed by atoms with Crippen LogP contribution in [0.5, 0.6) is 5.75 Å². The van der Waals surface area contributed by atoms with Gasteiger partial charge in [0.15, 0.2) is 11.0 Å². The van der Waals surface area contributed by atoms with Crippen molar-refractivity contribution < 1.29 is 14.5 Å². The van der Waals surface area contributed by atoms with E-state index in [1.165, 1.54) is 37.1 Å². The normalized spacial score (nSPS) is 10.6. The number of hydrogen-bond donors (Lipinski definition) is 1. The van der Waals surface area contributed by atoms with Crippen LogP contribution in [0.4, 0.5) is 11.4 Å². The van der Waals surface area contributed by atoms with Crippen molar-refractivity contribution in [3.8, 4) is 16.5 Å². The second-order valence-corrected chi connectivity index (χ2v) is 7.40. The van der Waals surface area contributed by atoms with E-state index in [1.807, 2.05) is 29.0 Å². The first-order chi connectivity index (χ1) is 13.5. The molecule has 0 aliphatic heterocycles. The molecule has 1 aromatic carbocycles. The molecule has 2 heterocycles. The molecule has 146 valence electrons. The molecule has 28 heavy (non-hydrogen) atoms. The molecule has 3 rings (SSSR count). The summed E-state index contributed by atoms with van der Waals surface area (Å²) in [7, 11) is 1.39. The first-order valence-corrected chi connectivity index (χ1v) is 10.1. The van der Waals surface area contributed by atoms with Gasteiger partial charge in [0.1, 0.15) is 5.75 Å². The minimum atomic E-state index is -0.521. The lowest BCUT2D eigenvalue weighted by Gasteiger charge is -2.10. The number of nitrogens with zero attached hydrogens (tertiary/aromatic N) is 4. The molecule has 0 aliphatic rings. The summed E-state index contributed by atoms with van der Waals surface area (Å²) in [5, 5.41) is 24.6. The van der Waals surface area contributed by atoms with Gasteiger partial charge < -0.3 is 14.6 Å². The Kier molecular flexibility index (Phi) is 6.26. The molecule has 0 radical (unpaired) electrons. The largest absolute Gasteiger partial charge is 0.494 e. The predicted molar refractivity (Wildman–Crippen MR) is 108 cm³/mol. The van der Waals surface area contributed by atoms with Crippen LogP contribution in [-0.4, -0.2) is 38.5 Å². The first-order valence-electron chi connectivity index (χ1n) is 8.25. The molecule has 0 fully saturated rings. The number of thioether (sulfide) groups is 1. The topological polar surface area (TPSA) is 112 Å². The second kappa shape index (κ2) is 8.85. The highest BCUT2D eigenvalue weighted by Crippen LogP contribution is 2.30. The molecule has 0 spiro atoms. The van der Waals surface area contributed by atoms with Crippen LogP contribution in [0.15, 0.2) is 40.9 Å². The Bertz CT molecular complexity index is 988. The van der Waals surface area contributed by atoms with Gasteiger partial charge in [0.25, 0.3) is 5.69 Å². The van der Waals surface area contributed by atoms with Crippen LogP contribution in [0.1, 0.15) is 6.92 Å². The summed E-state index contributed by atoms with van der Waals surface area (Å²) in [5.74, 6) is 0.838. The Hall–Kier alpha value is -2.92. The third-order valence-electron chi connectivity index (χ3n) is 3.78. The summed E-state index contributed by atoms with van der Waals surface area (Å²) in [4.78, 5) is 23.7. The zero-order valence-electron chi connectivity index (χ0n) is 15.1. The van der Waals surface area contributed by atoms with E-state index in [-0.39, 0.29) is 23.1 Å². The Labute approximate surface area is 168 Å². The summed E-state index contributed by atoms with van der Waals surface area (Å²) >= 11 is 2.85. The third kappa shape index (κ3) is 4.31. The quantitative estimate of drug-likeness (QED) is 0.337. The van der Waals surface area contributed by atoms with Crippen molar-refractivity contribution in [2.75, 3.05) is 18.2 Å². The van der Waals surface area contributed by atoms with E-state index in [1.54, 1.807) is 11.3 Å². The number of nitro groups is 1. The molecule has 2 aromatic heterocycles. The van der Waals surface area contributed by atoms with Crippen molar-refractivity contribution in [2.24, 2.45) is 0 Å². The molecule has 3 aromatic rings. The fraction of sp³-hybridized carbons (Fsp3) is 0.235. The van der Waals surface area contributed by atoms with Crippen molar-refractivity contribution in [2.45, 2.75) is 18.6 Å². The highest BCUT2D eigenvalue weighted by molar-refractivity contribution is 7.99. The number of benzene rings is 1. The van der Waals surface area contributed by atoms with Crippen LogP contribution in [0.3, 0.4) is 0 Å². The number of methoxy groups -OCH3 is 1. The number of carbonyl (C=O) groups is 1. The first kappa shape index (κ1) is 19.8. The van der Waals surface area contributed by atoms with E-state index in [4.69, 9.17) is 4.74 Å². The monoisotopic (exact) mass is 419 g/mol. The molecular formula is C17H17N5O4S2. The van der Waals surface area contributed by atoms with Gasteiger partial charge in [-0.25, -0.2) is 0 Å². The number of nitro benzene ring substituents is 1. The maximum Gasteiger partial charge on any atom is 0.273 e. The van der Waals surface area contributed by atoms with E-state index in [0.29, 0.717) is 17.4 Å². The van der Waals surface area contributed by atoms with E-state index in [0.717, 1.165) is 10.7 Å². The number of carbonyl (C=O) groups excluding carboxylic acids is 1. The molecule has 0 saturated carbocycles. The molecule has 0 saturated heterocycles. The zero-order valence-corrected chi connectivity index (χ0v) is 16.7. The van der Waals surface area contributed by atoms with Crippen LogP contribution >= 0.6 is 23.1 Å². The number of ether oxygens (including phenoxy) is 1. The highest BCUT2D eigenvalue weighted by atomic mass is 32.2. The summed E-state index contributed by atoms with van der Waals surface area (Å²) < 4.78 is 7.08. The average molecular weight is 419 g/mol. The zero-order chi connectivity index (χ0) is 20.1. The van der Waals surface area contributed by atoms with E-state index >= 15 is 0 Å². The Balaban J connectivity index is 1.68. The minimum Gasteiger partial charge on any atom is -0.494 e. The molecule has 9 nitrogen and oxygen atoms in total. The van der Waals surface area contributed by atoms with Gasteiger partial charge in [0, 0.05) is 12.6 Å². The van der Waals surface area contributed by atoms with Gasteiger partial charge in [-0.15, -0.1) is 21.5 Å². The lowest BCUT2D eigenvalue weighted by Crippen LogP contribution is -2.15. The van der Waals surface area contributed by atoms with Crippen LogP contribution in [0.25, 0.3) is 10.7 Å². The maximum absolute atomic E-state index is 12.3. The van der Waals surface area contributed by atoms with E-state index in [2.05, 4.69) is 15.5 Å². The summed E-state index contributed by atoms with van der Waals surface area (Å²) in [6, 6.07) is 7.95. The number of rotatable bonds is 8. The van der Waals surface area contributed by atoms with Crippen molar-refractivity contribution in [1.82, 2.24) is 14.8 Å². The average Bonchev–Trinajstić information content (AvgIpc) is 3.35. The van der Waals surface area contributed by atoms with Gasteiger partial charge in [-0.3, -0.25) is 14.9 Å². The standard InChI is InChI=1S/C17H17N5O4S2/c1-3-21-16(14-5-4-8-27-14)19-20-17(21)28-10-15(23)18-12-7-6-11(22(24)25)9-13(12)26-2/h4-9H,3,10H2,1-2H3,(H,18,23). The Morgan fingerprint density at radius 1 is 1.39 bits per heavy atom. The van der Waals surface area contributed by atoms with Gasteiger partial charge >= 0.3 is 0 Å². The molecule has 0 aliphatic carbocycles. The van der Waals surface area contributed by atoms with Gasteiger partial charge in [0.2, 0.25) is 5.91 Å². The predicted octanol–water partition coefficient (Wildman–Crippen LogP) is 3.67. The number of thiophene rings is 1. The summed E-state index contributed by atoms with van der Waals surface area (Å²) in [6.07, 6.45) is 0. The van der Waals surface area contributed by atoms with Crippen molar-refractivity contribution in [3.63, 3.8) is 0 Å². The Morgan fingerprint density at radius 3 is 2.86 bits per heavy atom. The van der Waals surface area contributed by atoms with Crippen LogP contribution < -0.4 is 10.1 Å². The smallest absolute Gasteiger partial charge is 0.273 e. The third-order valence-corrected chi connectivity index (χ3v) is 5.61. The van der Waals surface area contributed by atoms with Crippen molar-refractivity contribution >= 4 is 40.4 Å². The number of amides is 1. The van der Waals surface area contributed by atoms with Crippen molar-refractivity contribution in [3.05, 3.63) is 45.8 Å². The SMILES string of the molecule is CCn1c(SCC(=O)Nc2ccc([N+](=O)[O-])cc2OC)nnc1-c1cccs1. The van der Waals surface area contributed by atoms with Crippen LogP contribution in [-0.2, 0) is 11.3 Å². The van der Waals surface area contributed by atoms with Crippen LogP contribution in [0, 0.1) is 10.1 Å². The molecule has 0 unspecified atom stereocenters. The number of non-ortho nitro benzene ring substituents is 1. The fourth-order valence-corrected chi connectivity index (χ4v) is 4.00. The number of anilines is 1. The Morgan fingerprint density at radius 2 is 2.21 bits per heavy atom. The minimum absolute atomic E-state index is 0.110. The molecule has 0 bridgehead atoms. The van der Waals surface area contributed by atoms with Crippen LogP contribution in [0.2, 0.25) is 0 Å². The lowest BCUT2D eigenvalue weighted by atomic mass is 10.2. The molecule has 0 atom stereocenters. The van der Waals surface area contributed by atoms with Gasteiger partial charge in [0.05, 0.1) is 34.4 Å².